The van der Waals surface area contributed by atoms with E-state index in [0.717, 1.165) is 38.3 Å². The molecule has 17 heavy (non-hydrogen) atoms. The number of carbonyl (C=O) groups excluding carboxylic acids is 1. The Bertz CT molecular complexity index is 326. The smallest absolute Gasteiger partial charge is 0.219 e. The van der Waals surface area contributed by atoms with Gasteiger partial charge < -0.3 is 9.80 Å². The quantitative estimate of drug-likeness (QED) is 0.695. The van der Waals surface area contributed by atoms with Gasteiger partial charge in [-0.1, -0.05) is 19.6 Å². The Hall–Kier alpha value is -1.58. The summed E-state index contributed by atoms with van der Waals surface area (Å²) in [7, 11) is 0. The van der Waals surface area contributed by atoms with Gasteiger partial charge in [0.1, 0.15) is 0 Å². The second kappa shape index (κ2) is 6.89. The minimum Gasteiger partial charge on any atom is -0.367 e. The van der Waals surface area contributed by atoms with Crippen LogP contribution >= 0.6 is 0 Å². The van der Waals surface area contributed by atoms with Crippen molar-refractivity contribution in [3.05, 3.63) is 24.6 Å². The van der Waals surface area contributed by atoms with Crippen LogP contribution in [0, 0.1) is 0 Å². The standard InChI is InChI=1S/C13H21N3O/c1-4-6-13(11-14-5-2)16-9-7-15(8-10-16)12(3)17/h5-6,11H,2,4,7-10H2,1,3H3/b13-6+,14-11-. The van der Waals surface area contributed by atoms with Gasteiger partial charge in [0.25, 0.3) is 0 Å². The molecule has 1 amide bonds. The van der Waals surface area contributed by atoms with Crippen molar-refractivity contribution in [1.82, 2.24) is 9.80 Å². The third-order valence-corrected chi connectivity index (χ3v) is 2.82. The fourth-order valence-corrected chi connectivity index (χ4v) is 1.88. The second-order valence-corrected chi connectivity index (χ2v) is 3.99. The van der Waals surface area contributed by atoms with Gasteiger partial charge in [0.15, 0.2) is 0 Å². The van der Waals surface area contributed by atoms with Gasteiger partial charge in [0, 0.05) is 45.5 Å². The van der Waals surface area contributed by atoms with Gasteiger partial charge in [0.2, 0.25) is 5.91 Å². The average molecular weight is 235 g/mol. The largest absolute Gasteiger partial charge is 0.367 e. The van der Waals surface area contributed by atoms with Crippen LogP contribution in [0.4, 0.5) is 0 Å². The van der Waals surface area contributed by atoms with Crippen molar-refractivity contribution in [3.63, 3.8) is 0 Å². The van der Waals surface area contributed by atoms with Gasteiger partial charge in [0.05, 0.1) is 5.70 Å². The molecule has 0 aromatic rings. The highest BCUT2D eigenvalue weighted by atomic mass is 16.2. The number of rotatable bonds is 4. The summed E-state index contributed by atoms with van der Waals surface area (Å²) in [6.07, 6.45) is 6.50. The van der Waals surface area contributed by atoms with Crippen LogP contribution < -0.4 is 0 Å². The average Bonchev–Trinajstić information content (AvgIpc) is 2.34. The summed E-state index contributed by atoms with van der Waals surface area (Å²) >= 11 is 0. The van der Waals surface area contributed by atoms with Crippen LogP contribution in [0.1, 0.15) is 20.3 Å². The van der Waals surface area contributed by atoms with Gasteiger partial charge in [-0.2, -0.15) is 0 Å². The fraction of sp³-hybridized carbons (Fsp3) is 0.538. The van der Waals surface area contributed by atoms with Crippen LogP contribution in [0.25, 0.3) is 0 Å². The SMILES string of the molecule is C=C/N=C\C(=C/CC)N1CCN(C(C)=O)CC1. The molecular weight excluding hydrogens is 214 g/mol. The number of allylic oxidation sites excluding steroid dienone is 2. The molecule has 0 saturated carbocycles. The van der Waals surface area contributed by atoms with Crippen molar-refractivity contribution >= 4 is 12.1 Å². The zero-order valence-corrected chi connectivity index (χ0v) is 10.7. The van der Waals surface area contributed by atoms with Crippen molar-refractivity contribution < 1.29 is 4.79 Å². The van der Waals surface area contributed by atoms with E-state index in [0.29, 0.717) is 0 Å². The normalized spacial score (nSPS) is 17.6. The lowest BCUT2D eigenvalue weighted by Gasteiger charge is -2.36. The number of hydrogen-bond donors (Lipinski definition) is 0. The molecule has 0 radical (unpaired) electrons. The maximum Gasteiger partial charge on any atom is 0.219 e. The zero-order chi connectivity index (χ0) is 12.7. The molecule has 0 bridgehead atoms. The van der Waals surface area contributed by atoms with Crippen molar-refractivity contribution in [2.75, 3.05) is 26.2 Å². The number of aliphatic imine (C=N–C) groups is 1. The van der Waals surface area contributed by atoms with Crippen LogP contribution in [0.5, 0.6) is 0 Å². The Kier molecular flexibility index (Phi) is 5.46. The summed E-state index contributed by atoms with van der Waals surface area (Å²) in [4.78, 5) is 19.4. The molecule has 0 N–H and O–H groups in total. The third kappa shape index (κ3) is 4.06. The minimum absolute atomic E-state index is 0.158. The highest BCUT2D eigenvalue weighted by molar-refractivity contribution is 5.78. The highest BCUT2D eigenvalue weighted by Gasteiger charge is 2.19. The molecule has 1 aliphatic heterocycles. The molecule has 1 fully saturated rings. The highest BCUT2D eigenvalue weighted by Crippen LogP contribution is 2.09. The number of amides is 1. The molecule has 94 valence electrons. The molecule has 0 aliphatic carbocycles. The summed E-state index contributed by atoms with van der Waals surface area (Å²) in [6, 6.07) is 0. The molecule has 1 aliphatic rings. The van der Waals surface area contributed by atoms with Gasteiger partial charge >= 0.3 is 0 Å². The van der Waals surface area contributed by atoms with Crippen LogP contribution in [0.15, 0.2) is 29.5 Å². The first-order valence-corrected chi connectivity index (χ1v) is 6.03. The predicted molar refractivity (Wildman–Crippen MR) is 70.9 cm³/mol. The Labute approximate surface area is 103 Å². The Balaban J connectivity index is 2.61. The molecule has 4 heteroatoms. The van der Waals surface area contributed by atoms with E-state index in [9.17, 15) is 4.79 Å². The summed E-state index contributed by atoms with van der Waals surface area (Å²) in [5, 5.41) is 0. The van der Waals surface area contributed by atoms with E-state index < -0.39 is 0 Å². The first-order valence-electron chi connectivity index (χ1n) is 6.03. The van der Waals surface area contributed by atoms with E-state index >= 15 is 0 Å². The molecule has 0 aromatic carbocycles. The van der Waals surface area contributed by atoms with Crippen LogP contribution in [0.3, 0.4) is 0 Å². The zero-order valence-electron chi connectivity index (χ0n) is 10.7. The van der Waals surface area contributed by atoms with Gasteiger partial charge in [-0.3, -0.25) is 9.79 Å². The molecule has 0 aromatic heterocycles. The first-order chi connectivity index (χ1) is 8.19. The van der Waals surface area contributed by atoms with E-state index in [1.807, 2.05) is 11.1 Å². The first kappa shape index (κ1) is 13.5. The number of hydrogen-bond acceptors (Lipinski definition) is 3. The van der Waals surface area contributed by atoms with Crippen LogP contribution in [-0.4, -0.2) is 48.1 Å². The van der Waals surface area contributed by atoms with Crippen molar-refractivity contribution in [3.8, 4) is 0 Å². The molecular formula is C13H21N3O. The third-order valence-electron chi connectivity index (χ3n) is 2.82. The molecule has 1 heterocycles. The van der Waals surface area contributed by atoms with Crippen molar-refractivity contribution in [1.29, 1.82) is 0 Å². The topological polar surface area (TPSA) is 35.9 Å². The summed E-state index contributed by atoms with van der Waals surface area (Å²) in [6.45, 7) is 10.6. The fourth-order valence-electron chi connectivity index (χ4n) is 1.88. The van der Waals surface area contributed by atoms with Crippen molar-refractivity contribution in [2.45, 2.75) is 20.3 Å². The summed E-state index contributed by atoms with van der Waals surface area (Å²) < 4.78 is 0. The van der Waals surface area contributed by atoms with Gasteiger partial charge in [-0.15, -0.1) is 0 Å². The van der Waals surface area contributed by atoms with Crippen LogP contribution in [0.2, 0.25) is 0 Å². The van der Waals surface area contributed by atoms with E-state index in [1.165, 1.54) is 6.20 Å². The molecule has 0 atom stereocenters. The molecule has 0 unspecified atom stereocenters. The van der Waals surface area contributed by atoms with E-state index in [1.54, 1.807) is 6.92 Å². The predicted octanol–water partition coefficient (Wildman–Crippen LogP) is 1.66. The molecule has 1 rings (SSSR count). The minimum atomic E-state index is 0.158. The van der Waals surface area contributed by atoms with Gasteiger partial charge in [-0.05, 0) is 6.42 Å². The summed E-state index contributed by atoms with van der Waals surface area (Å²) in [5.74, 6) is 0.158. The second-order valence-electron chi connectivity index (χ2n) is 3.99. The lowest BCUT2D eigenvalue weighted by molar-refractivity contribution is -0.130. The number of nitrogens with zero attached hydrogens (tertiary/aromatic N) is 3. The lowest BCUT2D eigenvalue weighted by atomic mass is 10.2. The summed E-state index contributed by atoms with van der Waals surface area (Å²) in [5.41, 5.74) is 1.12. The monoisotopic (exact) mass is 235 g/mol. The van der Waals surface area contributed by atoms with E-state index in [-0.39, 0.29) is 5.91 Å². The molecule has 0 spiro atoms. The molecule has 1 saturated heterocycles. The molecule has 4 nitrogen and oxygen atoms in total. The van der Waals surface area contributed by atoms with E-state index in [2.05, 4.69) is 29.5 Å². The van der Waals surface area contributed by atoms with Crippen molar-refractivity contribution in [2.24, 2.45) is 4.99 Å². The maximum absolute atomic E-state index is 11.2. The number of piperazine rings is 1. The van der Waals surface area contributed by atoms with E-state index in [4.69, 9.17) is 0 Å². The Morgan fingerprint density at radius 3 is 2.35 bits per heavy atom. The lowest BCUT2D eigenvalue weighted by Crippen LogP contribution is -2.47. The van der Waals surface area contributed by atoms with Crippen LogP contribution in [-0.2, 0) is 4.79 Å². The van der Waals surface area contributed by atoms with Gasteiger partial charge in [-0.25, -0.2) is 0 Å². The Morgan fingerprint density at radius 1 is 1.29 bits per heavy atom. The maximum atomic E-state index is 11.2. The Morgan fingerprint density at radius 2 is 1.88 bits per heavy atom. The number of carbonyl (C=O) groups is 1.